The lowest BCUT2D eigenvalue weighted by atomic mass is 10.0. The molecule has 1 aromatic carbocycles. The molecule has 2 aromatic rings. The van der Waals surface area contributed by atoms with Gasteiger partial charge in [-0.1, -0.05) is 0 Å². The molecule has 2 N–H and O–H groups in total. The number of alkyl halides is 6. The molecule has 1 aliphatic carbocycles. The summed E-state index contributed by atoms with van der Waals surface area (Å²) in [5, 5.41) is 7.12. The SMILES string of the molecule is CS(=O)(=O)NC(=O)c1cc(C2CC2)c(OC2CCCN(c3ccc(C(F)(F)F)cn3)C2)cc1F.O=C(O)C(F)(F)F. The quantitative estimate of drug-likeness (QED) is 0.456. The molecule has 1 amide bonds. The second-order valence-electron chi connectivity index (χ2n) is 9.38. The van der Waals surface area contributed by atoms with Gasteiger partial charge in [0.2, 0.25) is 10.0 Å². The highest BCUT2D eigenvalue weighted by molar-refractivity contribution is 7.89. The first-order valence-electron chi connectivity index (χ1n) is 12.0. The number of carbonyl (C=O) groups excluding carboxylic acids is 1. The number of pyridine rings is 1. The lowest BCUT2D eigenvalue weighted by Gasteiger charge is -2.34. The molecule has 41 heavy (non-hydrogen) atoms. The van der Waals surface area contributed by atoms with Gasteiger partial charge in [0.25, 0.3) is 5.91 Å². The Labute approximate surface area is 229 Å². The van der Waals surface area contributed by atoms with E-state index in [1.54, 1.807) is 4.72 Å². The first-order valence-corrected chi connectivity index (χ1v) is 13.8. The summed E-state index contributed by atoms with van der Waals surface area (Å²) in [7, 11) is -3.85. The zero-order valence-electron chi connectivity index (χ0n) is 21.2. The van der Waals surface area contributed by atoms with Gasteiger partial charge in [0, 0.05) is 18.8 Å². The molecule has 1 aliphatic heterocycles. The Hall–Kier alpha value is -3.63. The van der Waals surface area contributed by atoms with E-state index >= 15 is 0 Å². The van der Waals surface area contributed by atoms with Crippen molar-refractivity contribution in [2.24, 2.45) is 0 Å². The van der Waals surface area contributed by atoms with Crippen molar-refractivity contribution in [2.75, 3.05) is 24.2 Å². The van der Waals surface area contributed by atoms with Crippen LogP contribution in [0.1, 0.15) is 53.1 Å². The minimum Gasteiger partial charge on any atom is -0.488 e. The monoisotopic (exact) mass is 615 g/mol. The molecule has 17 heteroatoms. The molecule has 1 saturated carbocycles. The fourth-order valence-corrected chi connectivity index (χ4v) is 4.39. The standard InChI is InChI=1S/C22H23F4N3O4S.C2HF3O2/c1-34(31,32)28-21(30)17-9-16(13-4-5-13)19(10-18(17)23)33-15-3-2-8-29(12-15)20-7-6-14(11-27-20)22(24,25)26;3-2(4,5)1(6)7/h6-7,9-11,13,15H,2-5,8,12H2,1H3,(H,28,30);(H,6,7). The Kier molecular flexibility index (Phi) is 9.40. The number of halogens is 7. The Morgan fingerprint density at radius 1 is 1.10 bits per heavy atom. The van der Waals surface area contributed by atoms with Crippen LogP contribution in [0.25, 0.3) is 0 Å². The number of rotatable bonds is 6. The number of ether oxygens (including phenoxy) is 1. The average molecular weight is 616 g/mol. The maximum absolute atomic E-state index is 14.7. The summed E-state index contributed by atoms with van der Waals surface area (Å²) in [5.41, 5.74) is -0.575. The van der Waals surface area contributed by atoms with Crippen LogP contribution in [0.3, 0.4) is 0 Å². The van der Waals surface area contributed by atoms with E-state index in [0.717, 1.165) is 37.4 Å². The summed E-state index contributed by atoms with van der Waals surface area (Å²) in [5.74, 6) is -3.96. The number of carboxylic acids is 1. The van der Waals surface area contributed by atoms with Crippen LogP contribution < -0.4 is 14.4 Å². The second-order valence-corrected chi connectivity index (χ2v) is 11.1. The van der Waals surface area contributed by atoms with Crippen LogP contribution in [0.4, 0.5) is 36.6 Å². The third kappa shape index (κ3) is 9.19. The van der Waals surface area contributed by atoms with E-state index < -0.39 is 45.6 Å². The lowest BCUT2D eigenvalue weighted by molar-refractivity contribution is -0.192. The van der Waals surface area contributed by atoms with Crippen molar-refractivity contribution in [3.05, 3.63) is 53.0 Å². The topological polar surface area (TPSA) is 126 Å². The first kappa shape index (κ1) is 31.9. The summed E-state index contributed by atoms with van der Waals surface area (Å²) < 4.78 is 115. The number of benzene rings is 1. The predicted molar refractivity (Wildman–Crippen MR) is 129 cm³/mol. The number of carbonyl (C=O) groups is 2. The number of aromatic nitrogens is 1. The van der Waals surface area contributed by atoms with Crippen molar-refractivity contribution < 1.29 is 58.6 Å². The van der Waals surface area contributed by atoms with Crippen LogP contribution in [0.5, 0.6) is 5.75 Å². The highest BCUT2D eigenvalue weighted by atomic mass is 32.2. The number of hydrogen-bond donors (Lipinski definition) is 2. The maximum Gasteiger partial charge on any atom is 0.490 e. The highest BCUT2D eigenvalue weighted by Crippen LogP contribution is 2.45. The van der Waals surface area contributed by atoms with Crippen LogP contribution in [0.2, 0.25) is 0 Å². The molecular formula is C24H24F7N3O6S. The van der Waals surface area contributed by atoms with Crippen LogP contribution in [-0.2, 0) is 21.0 Å². The van der Waals surface area contributed by atoms with Gasteiger partial charge in [-0.3, -0.25) is 4.79 Å². The molecule has 2 heterocycles. The number of hydrogen-bond acceptors (Lipinski definition) is 7. The van der Waals surface area contributed by atoms with Gasteiger partial charge < -0.3 is 14.7 Å². The van der Waals surface area contributed by atoms with E-state index in [9.17, 15) is 43.9 Å². The van der Waals surface area contributed by atoms with Crippen molar-refractivity contribution >= 4 is 27.7 Å². The van der Waals surface area contributed by atoms with Crippen molar-refractivity contribution in [1.82, 2.24) is 9.71 Å². The Balaban J connectivity index is 0.000000587. The molecule has 226 valence electrons. The summed E-state index contributed by atoms with van der Waals surface area (Å²) in [6.07, 6.45) is -5.30. The van der Waals surface area contributed by atoms with Crippen LogP contribution in [0, 0.1) is 5.82 Å². The molecule has 2 aliphatic rings. The van der Waals surface area contributed by atoms with Crippen molar-refractivity contribution in [3.8, 4) is 5.75 Å². The van der Waals surface area contributed by atoms with E-state index in [4.69, 9.17) is 14.6 Å². The summed E-state index contributed by atoms with van der Waals surface area (Å²) in [6, 6.07) is 4.73. The fourth-order valence-electron chi connectivity index (χ4n) is 3.95. The molecule has 0 radical (unpaired) electrons. The van der Waals surface area contributed by atoms with Crippen LogP contribution in [-0.4, -0.2) is 62.0 Å². The molecule has 1 unspecified atom stereocenters. The van der Waals surface area contributed by atoms with E-state index in [0.29, 0.717) is 37.3 Å². The van der Waals surface area contributed by atoms with Gasteiger partial charge in [-0.25, -0.2) is 27.3 Å². The minimum atomic E-state index is -5.08. The predicted octanol–water partition coefficient (Wildman–Crippen LogP) is 4.49. The molecule has 1 atom stereocenters. The van der Waals surface area contributed by atoms with Gasteiger partial charge >= 0.3 is 18.3 Å². The molecule has 4 rings (SSSR count). The fraction of sp³-hybridized carbons (Fsp3) is 0.458. The summed E-state index contributed by atoms with van der Waals surface area (Å²) in [4.78, 5) is 26.9. The van der Waals surface area contributed by atoms with Crippen molar-refractivity contribution in [1.29, 1.82) is 0 Å². The number of piperidine rings is 1. The number of anilines is 1. The number of carboxylic acid groups (broad SMARTS) is 1. The Morgan fingerprint density at radius 3 is 2.22 bits per heavy atom. The minimum absolute atomic E-state index is 0.0802. The average Bonchev–Trinajstić information content (AvgIpc) is 3.68. The molecule has 0 bridgehead atoms. The molecule has 2 fully saturated rings. The zero-order chi connectivity index (χ0) is 30.8. The number of sulfonamides is 1. The van der Waals surface area contributed by atoms with E-state index in [-0.39, 0.29) is 23.3 Å². The molecule has 1 aromatic heterocycles. The van der Waals surface area contributed by atoms with Gasteiger partial charge in [0.1, 0.15) is 23.5 Å². The molecule has 0 spiro atoms. The largest absolute Gasteiger partial charge is 0.490 e. The number of nitrogens with one attached hydrogen (secondary N) is 1. The number of amides is 1. The lowest BCUT2D eigenvalue weighted by Crippen LogP contribution is -2.41. The van der Waals surface area contributed by atoms with Gasteiger partial charge in [-0.15, -0.1) is 0 Å². The molecule has 1 saturated heterocycles. The number of aliphatic carboxylic acids is 1. The van der Waals surface area contributed by atoms with Crippen molar-refractivity contribution in [3.63, 3.8) is 0 Å². The van der Waals surface area contributed by atoms with E-state index in [1.807, 2.05) is 4.90 Å². The zero-order valence-corrected chi connectivity index (χ0v) is 22.0. The normalized spacial score (nSPS) is 17.8. The summed E-state index contributed by atoms with van der Waals surface area (Å²) >= 11 is 0. The molecular weight excluding hydrogens is 591 g/mol. The van der Waals surface area contributed by atoms with Crippen LogP contribution in [0.15, 0.2) is 30.5 Å². The third-order valence-corrected chi connectivity index (χ3v) is 6.51. The van der Waals surface area contributed by atoms with E-state index in [2.05, 4.69) is 4.98 Å². The maximum atomic E-state index is 14.7. The summed E-state index contributed by atoms with van der Waals surface area (Å²) in [6.45, 7) is 0.938. The smallest absolute Gasteiger partial charge is 0.488 e. The van der Waals surface area contributed by atoms with E-state index in [1.165, 1.54) is 12.1 Å². The Morgan fingerprint density at radius 2 is 1.73 bits per heavy atom. The van der Waals surface area contributed by atoms with Gasteiger partial charge in [-0.05, 0) is 55.4 Å². The second kappa shape index (κ2) is 12.1. The first-order chi connectivity index (χ1) is 18.8. The number of nitrogens with zero attached hydrogens (tertiary/aromatic N) is 2. The van der Waals surface area contributed by atoms with Gasteiger partial charge in [0.15, 0.2) is 0 Å². The third-order valence-electron chi connectivity index (χ3n) is 5.95. The Bertz CT molecular complexity index is 1380. The van der Waals surface area contributed by atoms with Crippen LogP contribution >= 0.6 is 0 Å². The van der Waals surface area contributed by atoms with Crippen molar-refractivity contribution in [2.45, 2.75) is 50.1 Å². The molecule has 9 nitrogen and oxygen atoms in total. The van der Waals surface area contributed by atoms with Gasteiger partial charge in [-0.2, -0.15) is 26.3 Å². The highest BCUT2D eigenvalue weighted by Gasteiger charge is 2.38. The van der Waals surface area contributed by atoms with Gasteiger partial charge in [0.05, 0.1) is 23.9 Å².